The van der Waals surface area contributed by atoms with E-state index in [1.807, 2.05) is 29.4 Å². The summed E-state index contributed by atoms with van der Waals surface area (Å²) in [4.78, 5) is 8.64. The van der Waals surface area contributed by atoms with Crippen LogP contribution in [0.3, 0.4) is 0 Å². The molecule has 0 saturated heterocycles. The summed E-state index contributed by atoms with van der Waals surface area (Å²) in [7, 11) is 0. The highest BCUT2D eigenvalue weighted by molar-refractivity contribution is 6.35. The standard InChI is InChI=1S/C29H28ClFN8/c1-29(2,3)17-35-26-19(13-32)14-34-28-23(26)11-21(12-24(28)30)36-27(18-6-8-20(31)9-7-18)25-16-39(38-37-25)22-5-4-10-33-15-22/h4-12,14-16,27,36-38H,17H2,1-3H3,(H,34,35)/t27-/m0/s1. The summed E-state index contributed by atoms with van der Waals surface area (Å²) in [5.41, 5.74) is 11.2. The fourth-order valence-electron chi connectivity index (χ4n) is 4.24. The lowest BCUT2D eigenvalue weighted by Crippen LogP contribution is -2.37. The third-order valence-electron chi connectivity index (χ3n) is 6.18. The lowest BCUT2D eigenvalue weighted by Gasteiger charge is -2.23. The second-order valence-electron chi connectivity index (χ2n) is 10.5. The van der Waals surface area contributed by atoms with Gasteiger partial charge in [0.1, 0.15) is 11.9 Å². The molecular weight excluding hydrogens is 515 g/mol. The summed E-state index contributed by atoms with van der Waals surface area (Å²) in [6.07, 6.45) is 6.90. The molecule has 0 radical (unpaired) electrons. The average Bonchev–Trinajstić information content (AvgIpc) is 3.41. The second kappa shape index (κ2) is 10.8. The van der Waals surface area contributed by atoms with Crippen molar-refractivity contribution in [2.45, 2.75) is 26.8 Å². The van der Waals surface area contributed by atoms with Gasteiger partial charge in [0.25, 0.3) is 0 Å². The third-order valence-corrected chi connectivity index (χ3v) is 6.47. The van der Waals surface area contributed by atoms with Gasteiger partial charge in [-0.1, -0.05) is 44.5 Å². The Morgan fingerprint density at radius 1 is 1.15 bits per heavy atom. The largest absolute Gasteiger partial charge is 0.383 e. The molecule has 0 bridgehead atoms. The number of benzene rings is 2. The first-order chi connectivity index (χ1) is 18.7. The summed E-state index contributed by atoms with van der Waals surface area (Å²) in [5.74, 6) is -0.320. The number of hydrogen-bond acceptors (Lipinski definition) is 8. The number of hydrogen-bond donors (Lipinski definition) is 4. The number of nitrogens with zero attached hydrogens (tertiary/aromatic N) is 4. The van der Waals surface area contributed by atoms with Gasteiger partial charge in [0, 0.05) is 36.2 Å². The summed E-state index contributed by atoms with van der Waals surface area (Å²) in [5, 5.41) is 19.7. The van der Waals surface area contributed by atoms with Gasteiger partial charge >= 0.3 is 0 Å². The highest BCUT2D eigenvalue weighted by atomic mass is 35.5. The first kappa shape index (κ1) is 26.2. The molecular formula is C29H28ClFN8. The molecule has 1 aliphatic heterocycles. The number of halogens is 2. The van der Waals surface area contributed by atoms with Crippen LogP contribution < -0.4 is 26.6 Å². The Morgan fingerprint density at radius 3 is 2.64 bits per heavy atom. The van der Waals surface area contributed by atoms with Gasteiger partial charge in [0.05, 0.1) is 45.4 Å². The number of pyridine rings is 2. The molecule has 5 rings (SSSR count). The number of hydrazine groups is 2. The van der Waals surface area contributed by atoms with Crippen molar-refractivity contribution in [3.63, 3.8) is 0 Å². The quantitative estimate of drug-likeness (QED) is 0.216. The summed E-state index contributed by atoms with van der Waals surface area (Å²) in [6, 6.07) is 15.7. The van der Waals surface area contributed by atoms with E-state index in [0.29, 0.717) is 34.0 Å². The fraction of sp³-hybridized carbons (Fsp3) is 0.207. The molecule has 0 spiro atoms. The zero-order valence-electron chi connectivity index (χ0n) is 21.8. The predicted molar refractivity (Wildman–Crippen MR) is 153 cm³/mol. The van der Waals surface area contributed by atoms with E-state index in [1.165, 1.54) is 12.1 Å². The predicted octanol–water partition coefficient (Wildman–Crippen LogP) is 6.28. The third kappa shape index (κ3) is 5.87. The lowest BCUT2D eigenvalue weighted by molar-refractivity contribution is 0.443. The molecule has 39 heavy (non-hydrogen) atoms. The van der Waals surface area contributed by atoms with Gasteiger partial charge in [-0.15, -0.1) is 5.53 Å². The van der Waals surface area contributed by atoms with Gasteiger partial charge in [-0.05, 0) is 47.4 Å². The van der Waals surface area contributed by atoms with E-state index in [1.54, 1.807) is 36.8 Å². The smallest absolute Gasteiger partial charge is 0.123 e. The zero-order chi connectivity index (χ0) is 27.6. The summed E-state index contributed by atoms with van der Waals surface area (Å²) in [6.45, 7) is 7.01. The monoisotopic (exact) mass is 542 g/mol. The topological polar surface area (TPSA) is 101 Å². The van der Waals surface area contributed by atoms with Crippen LogP contribution in [0.1, 0.15) is 37.9 Å². The Bertz CT molecular complexity index is 1560. The zero-order valence-corrected chi connectivity index (χ0v) is 22.5. The molecule has 1 atom stereocenters. The van der Waals surface area contributed by atoms with Crippen molar-refractivity contribution in [2.75, 3.05) is 22.2 Å². The molecule has 0 saturated carbocycles. The SMILES string of the molecule is CC(C)(C)CNc1c(C#N)cnc2c(Cl)cc(N[C@H](C3=CN(c4cccnc4)NN3)c3ccc(F)cc3)cc12. The molecule has 0 unspecified atom stereocenters. The molecule has 0 fully saturated rings. The molecule has 3 heterocycles. The second-order valence-corrected chi connectivity index (χ2v) is 10.9. The summed E-state index contributed by atoms with van der Waals surface area (Å²) >= 11 is 6.71. The van der Waals surface area contributed by atoms with E-state index in [9.17, 15) is 9.65 Å². The van der Waals surface area contributed by atoms with Crippen molar-refractivity contribution in [2.24, 2.45) is 5.41 Å². The molecule has 1 aliphatic rings. The number of anilines is 3. The van der Waals surface area contributed by atoms with Crippen LogP contribution in [-0.2, 0) is 0 Å². The minimum Gasteiger partial charge on any atom is -0.383 e. The van der Waals surface area contributed by atoms with E-state index >= 15 is 0 Å². The maximum atomic E-state index is 13.8. The van der Waals surface area contributed by atoms with Crippen LogP contribution in [0.15, 0.2) is 79.0 Å². The van der Waals surface area contributed by atoms with Crippen molar-refractivity contribution in [1.29, 1.82) is 5.26 Å². The van der Waals surface area contributed by atoms with E-state index in [0.717, 1.165) is 22.3 Å². The Balaban J connectivity index is 1.56. The number of rotatable bonds is 7. The van der Waals surface area contributed by atoms with Crippen molar-refractivity contribution in [3.05, 3.63) is 101 Å². The van der Waals surface area contributed by atoms with Gasteiger partial charge in [0.2, 0.25) is 0 Å². The Labute approximate surface area is 231 Å². The first-order valence-corrected chi connectivity index (χ1v) is 12.8. The Hall–Kier alpha value is -4.39. The van der Waals surface area contributed by atoms with Crippen molar-refractivity contribution < 1.29 is 4.39 Å². The van der Waals surface area contributed by atoms with Crippen LogP contribution in [0.5, 0.6) is 0 Å². The number of fused-ring (bicyclic) bond motifs is 1. The molecule has 0 aliphatic carbocycles. The molecule has 0 amide bonds. The normalized spacial score (nSPS) is 13.9. The molecule has 8 nitrogen and oxygen atoms in total. The minimum absolute atomic E-state index is 0.0105. The maximum absolute atomic E-state index is 13.8. The highest BCUT2D eigenvalue weighted by Gasteiger charge is 2.24. The minimum atomic E-state index is -0.397. The van der Waals surface area contributed by atoms with Crippen molar-refractivity contribution >= 4 is 39.6 Å². The van der Waals surface area contributed by atoms with Crippen LogP contribution in [0.2, 0.25) is 5.02 Å². The Morgan fingerprint density at radius 2 is 1.95 bits per heavy atom. The number of nitrogens with one attached hydrogen (secondary N) is 4. The van der Waals surface area contributed by atoms with Gasteiger partial charge in [-0.3, -0.25) is 15.0 Å². The molecule has 10 heteroatoms. The van der Waals surface area contributed by atoms with Gasteiger partial charge in [-0.2, -0.15) is 5.26 Å². The van der Waals surface area contributed by atoms with Crippen LogP contribution in [0.25, 0.3) is 10.9 Å². The van der Waals surface area contributed by atoms with Crippen LogP contribution in [-0.4, -0.2) is 16.5 Å². The molecule has 2 aromatic heterocycles. The fourth-order valence-corrected chi connectivity index (χ4v) is 4.51. The van der Waals surface area contributed by atoms with E-state index < -0.39 is 6.04 Å². The molecule has 198 valence electrons. The molecule has 4 N–H and O–H groups in total. The van der Waals surface area contributed by atoms with Gasteiger partial charge in [0.15, 0.2) is 0 Å². The van der Waals surface area contributed by atoms with Crippen molar-refractivity contribution in [3.8, 4) is 6.07 Å². The van der Waals surface area contributed by atoms with Crippen LogP contribution >= 0.6 is 11.6 Å². The van der Waals surface area contributed by atoms with E-state index in [4.69, 9.17) is 11.6 Å². The average molecular weight is 543 g/mol. The number of aromatic nitrogens is 2. The Kier molecular flexibility index (Phi) is 7.24. The number of nitriles is 1. The van der Waals surface area contributed by atoms with E-state index in [-0.39, 0.29) is 11.2 Å². The van der Waals surface area contributed by atoms with Gasteiger partial charge < -0.3 is 16.1 Å². The van der Waals surface area contributed by atoms with Crippen molar-refractivity contribution in [1.82, 2.24) is 20.9 Å². The van der Waals surface area contributed by atoms with Crippen LogP contribution in [0.4, 0.5) is 21.5 Å². The molecule has 4 aromatic rings. The lowest BCUT2D eigenvalue weighted by atomic mass is 9.96. The van der Waals surface area contributed by atoms with Gasteiger partial charge in [-0.25, -0.2) is 4.39 Å². The highest BCUT2D eigenvalue weighted by Crippen LogP contribution is 2.36. The maximum Gasteiger partial charge on any atom is 0.123 e. The van der Waals surface area contributed by atoms with Crippen LogP contribution in [0, 0.1) is 22.6 Å². The summed E-state index contributed by atoms with van der Waals surface area (Å²) < 4.78 is 13.8. The first-order valence-electron chi connectivity index (χ1n) is 12.4. The van der Waals surface area contributed by atoms with E-state index in [2.05, 4.69) is 58.4 Å². The molecule has 2 aromatic carbocycles.